The van der Waals surface area contributed by atoms with E-state index >= 15 is 0 Å². The molecule has 0 bridgehead atoms. The lowest BCUT2D eigenvalue weighted by Crippen LogP contribution is -2.50. The summed E-state index contributed by atoms with van der Waals surface area (Å²) in [5.41, 5.74) is 0.374. The summed E-state index contributed by atoms with van der Waals surface area (Å²) in [5.74, 6) is 0.793. The molecule has 2 aliphatic rings. The highest BCUT2D eigenvalue weighted by atomic mass is 16.2. The second-order valence-corrected chi connectivity index (χ2v) is 5.75. The van der Waals surface area contributed by atoms with Crippen molar-refractivity contribution in [2.45, 2.75) is 19.8 Å². The zero-order chi connectivity index (χ0) is 15.5. The first-order chi connectivity index (χ1) is 10.6. The number of rotatable bonds is 2. The molecule has 2 aliphatic heterocycles. The van der Waals surface area contributed by atoms with Crippen molar-refractivity contribution in [2.24, 2.45) is 0 Å². The average Bonchev–Trinajstić information content (AvgIpc) is 3.09. The third-order valence-electron chi connectivity index (χ3n) is 4.30. The van der Waals surface area contributed by atoms with Gasteiger partial charge in [0.05, 0.1) is 12.4 Å². The molecular formula is C15H21N5O2. The van der Waals surface area contributed by atoms with Gasteiger partial charge in [-0.1, -0.05) is 0 Å². The van der Waals surface area contributed by atoms with Gasteiger partial charge in [0.2, 0.25) is 5.91 Å². The summed E-state index contributed by atoms with van der Waals surface area (Å²) in [6.07, 6.45) is 5.61. The number of hydrogen-bond acceptors (Lipinski definition) is 5. The summed E-state index contributed by atoms with van der Waals surface area (Å²) in [6.45, 7) is 5.84. The summed E-state index contributed by atoms with van der Waals surface area (Å²) in [7, 11) is 0. The van der Waals surface area contributed by atoms with Crippen LogP contribution in [0.2, 0.25) is 0 Å². The molecule has 2 amide bonds. The molecule has 7 nitrogen and oxygen atoms in total. The largest absolute Gasteiger partial charge is 0.355 e. The first-order valence-electron chi connectivity index (χ1n) is 7.77. The molecule has 22 heavy (non-hydrogen) atoms. The Balaban J connectivity index is 1.61. The Morgan fingerprint density at radius 2 is 1.55 bits per heavy atom. The molecule has 0 atom stereocenters. The summed E-state index contributed by atoms with van der Waals surface area (Å²) in [5, 5.41) is 0. The van der Waals surface area contributed by atoms with E-state index in [0.717, 1.165) is 18.9 Å². The van der Waals surface area contributed by atoms with Crippen LogP contribution in [0.3, 0.4) is 0 Å². The van der Waals surface area contributed by atoms with Gasteiger partial charge in [0.15, 0.2) is 0 Å². The van der Waals surface area contributed by atoms with Crippen molar-refractivity contribution in [3.63, 3.8) is 0 Å². The van der Waals surface area contributed by atoms with E-state index in [1.165, 1.54) is 12.8 Å². The van der Waals surface area contributed by atoms with Crippen LogP contribution in [0.4, 0.5) is 5.82 Å². The van der Waals surface area contributed by atoms with E-state index in [1.54, 1.807) is 29.1 Å². The third-order valence-corrected chi connectivity index (χ3v) is 4.30. The number of piperazine rings is 1. The maximum Gasteiger partial charge on any atom is 0.274 e. The fraction of sp³-hybridized carbons (Fsp3) is 0.600. The molecule has 0 radical (unpaired) electrons. The van der Waals surface area contributed by atoms with Crippen molar-refractivity contribution in [3.8, 4) is 0 Å². The van der Waals surface area contributed by atoms with Gasteiger partial charge in [0.1, 0.15) is 11.5 Å². The number of nitrogens with zero attached hydrogens (tertiary/aromatic N) is 5. The Morgan fingerprint density at radius 3 is 2.09 bits per heavy atom. The first-order valence-corrected chi connectivity index (χ1v) is 7.77. The number of carbonyl (C=O) groups excluding carboxylic acids is 2. The van der Waals surface area contributed by atoms with Gasteiger partial charge >= 0.3 is 0 Å². The van der Waals surface area contributed by atoms with E-state index in [-0.39, 0.29) is 11.8 Å². The van der Waals surface area contributed by atoms with Crippen LogP contribution in [0.25, 0.3) is 0 Å². The molecule has 0 aliphatic carbocycles. The number of aromatic nitrogens is 2. The predicted molar refractivity (Wildman–Crippen MR) is 81.6 cm³/mol. The molecule has 1 aromatic heterocycles. The van der Waals surface area contributed by atoms with Crippen LogP contribution in [0.1, 0.15) is 30.3 Å². The monoisotopic (exact) mass is 303 g/mol. The van der Waals surface area contributed by atoms with Crippen molar-refractivity contribution < 1.29 is 9.59 Å². The fourth-order valence-corrected chi connectivity index (χ4v) is 2.93. The molecule has 2 saturated heterocycles. The minimum Gasteiger partial charge on any atom is -0.355 e. The Kier molecular flexibility index (Phi) is 4.22. The van der Waals surface area contributed by atoms with Crippen LogP contribution in [-0.2, 0) is 4.79 Å². The van der Waals surface area contributed by atoms with E-state index in [9.17, 15) is 9.59 Å². The zero-order valence-corrected chi connectivity index (χ0v) is 12.9. The summed E-state index contributed by atoms with van der Waals surface area (Å²) in [6, 6.07) is 0. The smallest absolute Gasteiger partial charge is 0.274 e. The highest BCUT2D eigenvalue weighted by Crippen LogP contribution is 2.16. The van der Waals surface area contributed by atoms with Crippen LogP contribution in [-0.4, -0.2) is 70.9 Å². The Hall–Kier alpha value is -2.18. The molecule has 2 fully saturated rings. The summed E-state index contributed by atoms with van der Waals surface area (Å²) in [4.78, 5) is 38.0. The molecule has 118 valence electrons. The van der Waals surface area contributed by atoms with Gasteiger partial charge in [-0.25, -0.2) is 9.97 Å². The van der Waals surface area contributed by atoms with E-state index in [0.29, 0.717) is 31.9 Å². The molecule has 7 heteroatoms. The third kappa shape index (κ3) is 3.03. The minimum absolute atomic E-state index is 0.0573. The number of hydrogen-bond donors (Lipinski definition) is 0. The van der Waals surface area contributed by atoms with Crippen molar-refractivity contribution in [1.29, 1.82) is 0 Å². The highest BCUT2D eigenvalue weighted by molar-refractivity contribution is 5.92. The predicted octanol–water partition coefficient (Wildman–Crippen LogP) is 0.381. The zero-order valence-electron chi connectivity index (χ0n) is 12.9. The van der Waals surface area contributed by atoms with Gasteiger partial charge in [-0.2, -0.15) is 0 Å². The van der Waals surface area contributed by atoms with Crippen LogP contribution >= 0.6 is 0 Å². The molecule has 3 rings (SSSR count). The van der Waals surface area contributed by atoms with E-state index in [1.807, 2.05) is 0 Å². The second-order valence-electron chi connectivity index (χ2n) is 5.75. The van der Waals surface area contributed by atoms with E-state index in [4.69, 9.17) is 0 Å². The van der Waals surface area contributed by atoms with Gasteiger partial charge in [-0.3, -0.25) is 9.59 Å². The van der Waals surface area contributed by atoms with Gasteiger partial charge in [0.25, 0.3) is 5.91 Å². The molecule has 0 saturated carbocycles. The van der Waals surface area contributed by atoms with E-state index in [2.05, 4.69) is 14.9 Å². The van der Waals surface area contributed by atoms with Crippen LogP contribution < -0.4 is 4.90 Å². The summed E-state index contributed by atoms with van der Waals surface area (Å²) < 4.78 is 0. The van der Waals surface area contributed by atoms with Gasteiger partial charge in [0, 0.05) is 46.2 Å². The van der Waals surface area contributed by atoms with Crippen LogP contribution in [0.15, 0.2) is 12.4 Å². The molecule has 0 spiro atoms. The lowest BCUT2D eigenvalue weighted by atomic mass is 10.3. The number of anilines is 1. The number of carbonyl (C=O) groups is 2. The molecule has 0 N–H and O–H groups in total. The second kappa shape index (κ2) is 6.29. The SMILES string of the molecule is CC(=O)N1CCN(C(=O)c2cnc(N3CCCC3)cn2)CC1. The Labute approximate surface area is 129 Å². The maximum absolute atomic E-state index is 12.4. The quantitative estimate of drug-likeness (QED) is 0.790. The van der Waals surface area contributed by atoms with Crippen molar-refractivity contribution in [2.75, 3.05) is 44.2 Å². The molecular weight excluding hydrogens is 282 g/mol. The lowest BCUT2D eigenvalue weighted by molar-refractivity contribution is -0.130. The van der Waals surface area contributed by atoms with Crippen molar-refractivity contribution >= 4 is 17.6 Å². The first kappa shape index (κ1) is 14.7. The average molecular weight is 303 g/mol. The Bertz CT molecular complexity index is 546. The molecule has 1 aromatic rings. The fourth-order valence-electron chi connectivity index (χ4n) is 2.93. The Morgan fingerprint density at radius 1 is 0.909 bits per heavy atom. The maximum atomic E-state index is 12.4. The lowest BCUT2D eigenvalue weighted by Gasteiger charge is -2.34. The molecule has 0 unspecified atom stereocenters. The van der Waals surface area contributed by atoms with E-state index < -0.39 is 0 Å². The summed E-state index contributed by atoms with van der Waals surface area (Å²) >= 11 is 0. The van der Waals surface area contributed by atoms with Crippen molar-refractivity contribution in [1.82, 2.24) is 19.8 Å². The molecule has 0 aromatic carbocycles. The van der Waals surface area contributed by atoms with Crippen molar-refractivity contribution in [3.05, 3.63) is 18.1 Å². The topological polar surface area (TPSA) is 69.6 Å². The van der Waals surface area contributed by atoms with Gasteiger partial charge < -0.3 is 14.7 Å². The van der Waals surface area contributed by atoms with Crippen LogP contribution in [0, 0.1) is 0 Å². The van der Waals surface area contributed by atoms with Gasteiger partial charge in [-0.15, -0.1) is 0 Å². The molecule has 3 heterocycles. The van der Waals surface area contributed by atoms with Crippen LogP contribution in [0.5, 0.6) is 0 Å². The van der Waals surface area contributed by atoms with Gasteiger partial charge in [-0.05, 0) is 12.8 Å². The standard InChI is InChI=1S/C15H21N5O2/c1-12(21)18-6-8-20(9-7-18)15(22)13-10-17-14(11-16-13)19-4-2-3-5-19/h10-11H,2-9H2,1H3. The number of amides is 2. The normalized spacial score (nSPS) is 18.7. The highest BCUT2D eigenvalue weighted by Gasteiger charge is 2.24. The minimum atomic E-state index is -0.108.